The molecule has 2 aromatic rings. The fraction of sp³-hybridized carbons (Fsp3) is 0.444. The second kappa shape index (κ2) is 7.99. The van der Waals surface area contributed by atoms with Crippen LogP contribution in [0.25, 0.3) is 0 Å². The lowest BCUT2D eigenvalue weighted by Gasteiger charge is -2.30. The number of ether oxygens (including phenoxy) is 1. The Morgan fingerprint density at radius 1 is 1.22 bits per heavy atom. The van der Waals surface area contributed by atoms with Crippen molar-refractivity contribution in [3.05, 3.63) is 41.6 Å². The van der Waals surface area contributed by atoms with Crippen molar-refractivity contribution in [1.82, 2.24) is 14.9 Å². The number of hydrogen-bond donors (Lipinski definition) is 1. The van der Waals surface area contributed by atoms with Crippen LogP contribution in [0.3, 0.4) is 0 Å². The minimum atomic E-state index is -4.69. The Bertz CT molecular complexity index is 782. The van der Waals surface area contributed by atoms with Crippen molar-refractivity contribution in [2.75, 3.05) is 43.9 Å². The first kappa shape index (κ1) is 19.2. The van der Waals surface area contributed by atoms with Gasteiger partial charge < -0.3 is 19.9 Å². The Balaban J connectivity index is 1.70. The van der Waals surface area contributed by atoms with Crippen molar-refractivity contribution in [3.8, 4) is 5.75 Å². The molecule has 0 unspecified atom stereocenters. The van der Waals surface area contributed by atoms with Crippen molar-refractivity contribution in [2.45, 2.75) is 19.3 Å². The van der Waals surface area contributed by atoms with Crippen LogP contribution in [0.1, 0.15) is 11.1 Å². The lowest BCUT2D eigenvalue weighted by Crippen LogP contribution is -2.31. The summed E-state index contributed by atoms with van der Waals surface area (Å²) in [6.45, 7) is 2.78. The van der Waals surface area contributed by atoms with Gasteiger partial charge in [0.2, 0.25) is 5.95 Å². The molecule has 9 heteroatoms. The number of benzene rings is 1. The highest BCUT2D eigenvalue weighted by atomic mass is 19.4. The number of rotatable bonds is 6. The molecular formula is C18H22F3N5O. The number of alkyl halides is 3. The third-order valence-electron chi connectivity index (χ3n) is 4.23. The van der Waals surface area contributed by atoms with Gasteiger partial charge in [-0.15, -0.1) is 13.2 Å². The number of halogens is 3. The average molecular weight is 381 g/mol. The summed E-state index contributed by atoms with van der Waals surface area (Å²) in [6.07, 6.45) is -2.28. The zero-order valence-electron chi connectivity index (χ0n) is 15.3. The first-order valence-corrected chi connectivity index (χ1v) is 8.64. The van der Waals surface area contributed by atoms with Crippen LogP contribution in [-0.4, -0.2) is 55.0 Å². The van der Waals surface area contributed by atoms with Crippen molar-refractivity contribution >= 4 is 11.8 Å². The summed E-state index contributed by atoms with van der Waals surface area (Å²) in [5, 5.41) is 3.17. The van der Waals surface area contributed by atoms with Crippen LogP contribution in [0.4, 0.5) is 24.9 Å². The number of aromatic nitrogens is 2. The highest BCUT2D eigenvalue weighted by molar-refractivity contribution is 5.48. The van der Waals surface area contributed by atoms with Gasteiger partial charge in [0.05, 0.1) is 0 Å². The van der Waals surface area contributed by atoms with E-state index in [0.29, 0.717) is 12.5 Å². The molecule has 1 aromatic carbocycles. The molecule has 2 heterocycles. The summed E-state index contributed by atoms with van der Waals surface area (Å²) < 4.78 is 41.4. The molecule has 1 aliphatic heterocycles. The minimum Gasteiger partial charge on any atom is -0.406 e. The number of likely N-dealkylation sites (N-methyl/N-ethyl adjacent to an activating group) is 1. The van der Waals surface area contributed by atoms with E-state index in [4.69, 9.17) is 0 Å². The maximum absolute atomic E-state index is 12.5. The molecule has 6 nitrogen and oxygen atoms in total. The van der Waals surface area contributed by atoms with E-state index >= 15 is 0 Å². The second-order valence-corrected chi connectivity index (χ2v) is 6.62. The monoisotopic (exact) mass is 381 g/mol. The van der Waals surface area contributed by atoms with Gasteiger partial charge in [0.15, 0.2) is 0 Å². The number of nitrogens with one attached hydrogen (secondary N) is 1. The molecule has 0 spiro atoms. The van der Waals surface area contributed by atoms with Crippen LogP contribution >= 0.6 is 0 Å². The van der Waals surface area contributed by atoms with Crippen LogP contribution in [0.2, 0.25) is 0 Å². The average Bonchev–Trinajstić information content (AvgIpc) is 2.60. The van der Waals surface area contributed by atoms with E-state index in [1.165, 1.54) is 12.1 Å². The van der Waals surface area contributed by atoms with Crippen LogP contribution in [0.15, 0.2) is 30.5 Å². The van der Waals surface area contributed by atoms with Gasteiger partial charge in [-0.05, 0) is 49.8 Å². The molecule has 3 rings (SSSR count). The third-order valence-corrected chi connectivity index (χ3v) is 4.23. The van der Waals surface area contributed by atoms with Crippen LogP contribution in [-0.2, 0) is 13.0 Å². The van der Waals surface area contributed by atoms with Gasteiger partial charge in [0.1, 0.15) is 11.6 Å². The predicted molar refractivity (Wildman–Crippen MR) is 97.0 cm³/mol. The zero-order valence-corrected chi connectivity index (χ0v) is 15.3. The molecule has 0 saturated heterocycles. The molecular weight excluding hydrogens is 359 g/mol. The minimum absolute atomic E-state index is 0.197. The van der Waals surface area contributed by atoms with E-state index in [0.717, 1.165) is 43.0 Å². The number of nitrogens with zero attached hydrogens (tertiary/aromatic N) is 4. The van der Waals surface area contributed by atoms with Crippen LogP contribution < -0.4 is 15.0 Å². The molecule has 1 aliphatic rings. The zero-order chi connectivity index (χ0) is 19.4. The third kappa shape index (κ3) is 5.46. The van der Waals surface area contributed by atoms with Gasteiger partial charge in [-0.3, -0.25) is 0 Å². The molecule has 0 atom stereocenters. The van der Waals surface area contributed by atoms with E-state index in [-0.39, 0.29) is 5.75 Å². The second-order valence-electron chi connectivity index (χ2n) is 6.62. The fourth-order valence-corrected chi connectivity index (χ4v) is 2.93. The Morgan fingerprint density at radius 3 is 2.78 bits per heavy atom. The molecule has 146 valence electrons. The molecule has 0 bridgehead atoms. The first-order chi connectivity index (χ1) is 12.8. The van der Waals surface area contributed by atoms with E-state index in [1.54, 1.807) is 18.3 Å². The van der Waals surface area contributed by atoms with Gasteiger partial charge in [-0.1, -0.05) is 6.07 Å². The smallest absolute Gasteiger partial charge is 0.406 e. The topological polar surface area (TPSA) is 53.5 Å². The van der Waals surface area contributed by atoms with Crippen LogP contribution in [0.5, 0.6) is 5.75 Å². The molecule has 27 heavy (non-hydrogen) atoms. The molecule has 0 fully saturated rings. The van der Waals surface area contributed by atoms with Crippen molar-refractivity contribution in [3.63, 3.8) is 0 Å². The first-order valence-electron chi connectivity index (χ1n) is 8.64. The number of hydrogen-bond acceptors (Lipinski definition) is 6. The summed E-state index contributed by atoms with van der Waals surface area (Å²) >= 11 is 0. The standard InChI is InChI=1S/C18H22F3N5O/c1-25(2)10-8-23-17-22-7-5-16(24-17)26-9-6-13-3-4-15(11-14(13)12-26)27-18(19,20)21/h3-5,7,11H,6,8-10,12H2,1-2H3,(H,22,23,24). The van der Waals surface area contributed by atoms with Gasteiger partial charge in [0.25, 0.3) is 0 Å². The predicted octanol–water partition coefficient (Wildman–Crippen LogP) is 2.91. The van der Waals surface area contributed by atoms with Gasteiger partial charge >= 0.3 is 6.36 Å². The maximum atomic E-state index is 12.5. The maximum Gasteiger partial charge on any atom is 0.573 e. The number of anilines is 2. The normalized spacial score (nSPS) is 14.2. The Kier molecular flexibility index (Phi) is 5.69. The Morgan fingerprint density at radius 2 is 2.04 bits per heavy atom. The van der Waals surface area contributed by atoms with Gasteiger partial charge in [-0.2, -0.15) is 4.98 Å². The molecule has 0 amide bonds. The number of fused-ring (bicyclic) bond motifs is 1. The Labute approximate surface area is 156 Å². The summed E-state index contributed by atoms with van der Waals surface area (Å²) in [7, 11) is 3.97. The van der Waals surface area contributed by atoms with E-state index in [2.05, 4.69) is 24.9 Å². The van der Waals surface area contributed by atoms with Crippen molar-refractivity contribution < 1.29 is 17.9 Å². The molecule has 0 saturated carbocycles. The molecule has 0 aliphatic carbocycles. The lowest BCUT2D eigenvalue weighted by atomic mass is 9.99. The summed E-state index contributed by atoms with van der Waals surface area (Å²) in [4.78, 5) is 12.8. The van der Waals surface area contributed by atoms with Crippen molar-refractivity contribution in [2.24, 2.45) is 0 Å². The highest BCUT2D eigenvalue weighted by Crippen LogP contribution is 2.29. The van der Waals surface area contributed by atoms with Gasteiger partial charge in [0, 0.05) is 32.4 Å². The summed E-state index contributed by atoms with van der Waals surface area (Å²) in [6, 6.07) is 6.31. The fourth-order valence-electron chi connectivity index (χ4n) is 2.93. The quantitative estimate of drug-likeness (QED) is 0.831. The summed E-state index contributed by atoms with van der Waals surface area (Å²) in [5.41, 5.74) is 1.84. The van der Waals surface area contributed by atoms with E-state index < -0.39 is 6.36 Å². The summed E-state index contributed by atoms with van der Waals surface area (Å²) in [5.74, 6) is 1.08. The molecule has 0 radical (unpaired) electrons. The van der Waals surface area contributed by atoms with E-state index in [1.807, 2.05) is 19.0 Å². The largest absolute Gasteiger partial charge is 0.573 e. The molecule has 1 aromatic heterocycles. The van der Waals surface area contributed by atoms with Gasteiger partial charge in [-0.25, -0.2) is 4.98 Å². The van der Waals surface area contributed by atoms with Crippen molar-refractivity contribution in [1.29, 1.82) is 0 Å². The lowest BCUT2D eigenvalue weighted by molar-refractivity contribution is -0.274. The Hall–Kier alpha value is -2.55. The van der Waals surface area contributed by atoms with E-state index in [9.17, 15) is 13.2 Å². The SMILES string of the molecule is CN(C)CCNc1nccc(N2CCc3ccc(OC(F)(F)F)cc3C2)n1. The molecule has 1 N–H and O–H groups in total. The van der Waals surface area contributed by atoms with Crippen LogP contribution in [0, 0.1) is 0 Å². The highest BCUT2D eigenvalue weighted by Gasteiger charge is 2.31.